The van der Waals surface area contributed by atoms with Crippen molar-refractivity contribution in [2.45, 2.75) is 13.3 Å². The number of nitrogen functional groups attached to an aromatic ring is 1. The molecule has 4 heteroatoms. The van der Waals surface area contributed by atoms with E-state index in [2.05, 4.69) is 21.9 Å². The Morgan fingerprint density at radius 1 is 1.29 bits per heavy atom. The summed E-state index contributed by atoms with van der Waals surface area (Å²) in [6.45, 7) is 2.08. The Morgan fingerprint density at radius 3 is 2.64 bits per heavy atom. The van der Waals surface area contributed by atoms with E-state index in [0.29, 0.717) is 5.82 Å². The highest BCUT2D eigenvalue weighted by molar-refractivity contribution is 5.55. The number of hydrogen-bond donors (Lipinski definition) is 2. The quantitative estimate of drug-likeness (QED) is 0.752. The van der Waals surface area contributed by atoms with Crippen LogP contribution in [0.3, 0.4) is 0 Å². The molecule has 2 heterocycles. The molecule has 2 aromatic heterocycles. The number of anilines is 1. The number of nitrogens with two attached hydrogens (primary N) is 1. The predicted molar refractivity (Wildman–Crippen MR) is 55.6 cm³/mol. The van der Waals surface area contributed by atoms with E-state index >= 15 is 0 Å². The van der Waals surface area contributed by atoms with Crippen LogP contribution in [-0.2, 0) is 6.42 Å². The van der Waals surface area contributed by atoms with Crippen molar-refractivity contribution >= 4 is 5.82 Å². The van der Waals surface area contributed by atoms with Crippen molar-refractivity contribution in [2.24, 2.45) is 0 Å². The van der Waals surface area contributed by atoms with Gasteiger partial charge in [0.15, 0.2) is 0 Å². The Balaban J connectivity index is 2.33. The van der Waals surface area contributed by atoms with E-state index in [1.165, 1.54) is 0 Å². The van der Waals surface area contributed by atoms with Crippen LogP contribution in [0.4, 0.5) is 5.82 Å². The standard InChI is InChI=1S/C10H12N4/c1-2-8-4-3-7(5-12-8)10-13-6-9(11)14-10/h3-6H,2,11H2,1H3,(H,13,14). The number of pyridine rings is 1. The third-order valence-corrected chi connectivity index (χ3v) is 2.06. The van der Waals surface area contributed by atoms with Crippen molar-refractivity contribution in [1.29, 1.82) is 0 Å². The van der Waals surface area contributed by atoms with Crippen LogP contribution in [0.25, 0.3) is 11.4 Å². The normalized spacial score (nSPS) is 10.4. The SMILES string of the molecule is CCc1ccc(-c2ncc(N)[nH]2)cn1. The van der Waals surface area contributed by atoms with Crippen molar-refractivity contribution in [3.8, 4) is 11.4 Å². The predicted octanol–water partition coefficient (Wildman–Crippen LogP) is 1.62. The van der Waals surface area contributed by atoms with Crippen LogP contribution in [-0.4, -0.2) is 15.0 Å². The monoisotopic (exact) mass is 188 g/mol. The number of aromatic nitrogens is 3. The molecule has 0 fully saturated rings. The van der Waals surface area contributed by atoms with Crippen molar-refractivity contribution in [3.63, 3.8) is 0 Å². The molecule has 0 atom stereocenters. The highest BCUT2D eigenvalue weighted by Crippen LogP contribution is 2.15. The maximum Gasteiger partial charge on any atom is 0.140 e. The summed E-state index contributed by atoms with van der Waals surface area (Å²) in [5.41, 5.74) is 7.57. The Labute approximate surface area is 82.2 Å². The minimum absolute atomic E-state index is 0.569. The van der Waals surface area contributed by atoms with E-state index in [1.807, 2.05) is 12.1 Å². The first kappa shape index (κ1) is 8.74. The zero-order valence-electron chi connectivity index (χ0n) is 7.99. The molecule has 0 amide bonds. The second-order valence-electron chi connectivity index (χ2n) is 3.08. The molecular weight excluding hydrogens is 176 g/mol. The van der Waals surface area contributed by atoms with Gasteiger partial charge in [-0.15, -0.1) is 0 Å². The second-order valence-corrected chi connectivity index (χ2v) is 3.08. The number of hydrogen-bond acceptors (Lipinski definition) is 3. The minimum Gasteiger partial charge on any atom is -0.384 e. The van der Waals surface area contributed by atoms with E-state index in [1.54, 1.807) is 12.4 Å². The summed E-state index contributed by atoms with van der Waals surface area (Å²) >= 11 is 0. The number of H-pyrrole nitrogens is 1. The Kier molecular flexibility index (Phi) is 2.18. The van der Waals surface area contributed by atoms with Gasteiger partial charge in [-0.2, -0.15) is 0 Å². The van der Waals surface area contributed by atoms with Gasteiger partial charge in [-0.25, -0.2) is 4.98 Å². The van der Waals surface area contributed by atoms with Gasteiger partial charge < -0.3 is 10.7 Å². The third-order valence-electron chi connectivity index (χ3n) is 2.06. The lowest BCUT2D eigenvalue weighted by Crippen LogP contribution is -1.88. The maximum atomic E-state index is 5.53. The number of aryl methyl sites for hydroxylation is 1. The van der Waals surface area contributed by atoms with Crippen LogP contribution in [0, 0.1) is 0 Å². The summed E-state index contributed by atoms with van der Waals surface area (Å²) < 4.78 is 0. The fourth-order valence-corrected chi connectivity index (χ4v) is 1.26. The summed E-state index contributed by atoms with van der Waals surface area (Å²) in [5, 5.41) is 0. The fraction of sp³-hybridized carbons (Fsp3) is 0.200. The molecule has 4 nitrogen and oxygen atoms in total. The summed E-state index contributed by atoms with van der Waals surface area (Å²) in [4.78, 5) is 11.4. The van der Waals surface area contributed by atoms with E-state index in [0.717, 1.165) is 23.5 Å². The second kappa shape index (κ2) is 3.49. The van der Waals surface area contributed by atoms with Gasteiger partial charge in [-0.1, -0.05) is 6.92 Å². The van der Waals surface area contributed by atoms with Gasteiger partial charge in [0, 0.05) is 17.5 Å². The molecule has 72 valence electrons. The number of imidazole rings is 1. The van der Waals surface area contributed by atoms with Gasteiger partial charge in [-0.3, -0.25) is 4.98 Å². The van der Waals surface area contributed by atoms with Gasteiger partial charge in [-0.05, 0) is 18.6 Å². The molecule has 2 aromatic rings. The molecule has 14 heavy (non-hydrogen) atoms. The molecule has 0 unspecified atom stereocenters. The first-order chi connectivity index (χ1) is 6.79. The Morgan fingerprint density at radius 2 is 2.14 bits per heavy atom. The van der Waals surface area contributed by atoms with Crippen LogP contribution in [0.2, 0.25) is 0 Å². The molecule has 0 radical (unpaired) electrons. The summed E-state index contributed by atoms with van der Waals surface area (Å²) in [7, 11) is 0. The zero-order valence-corrected chi connectivity index (χ0v) is 7.99. The number of rotatable bonds is 2. The molecule has 2 rings (SSSR count). The molecule has 0 aliphatic carbocycles. The minimum atomic E-state index is 0.569. The van der Waals surface area contributed by atoms with E-state index < -0.39 is 0 Å². The summed E-state index contributed by atoms with van der Waals surface area (Å²) in [6.07, 6.45) is 4.35. The Hall–Kier alpha value is -1.84. The van der Waals surface area contributed by atoms with Crippen LogP contribution < -0.4 is 5.73 Å². The number of nitrogens with zero attached hydrogens (tertiary/aromatic N) is 2. The molecule has 0 aromatic carbocycles. The fourth-order valence-electron chi connectivity index (χ4n) is 1.26. The molecule has 0 saturated carbocycles. The summed E-state index contributed by atoms with van der Waals surface area (Å²) in [5.74, 6) is 1.33. The molecule has 0 aliphatic rings. The van der Waals surface area contributed by atoms with Crippen molar-refractivity contribution in [1.82, 2.24) is 15.0 Å². The highest BCUT2D eigenvalue weighted by Gasteiger charge is 2.01. The largest absolute Gasteiger partial charge is 0.384 e. The van der Waals surface area contributed by atoms with Crippen LogP contribution >= 0.6 is 0 Å². The lowest BCUT2D eigenvalue weighted by atomic mass is 10.2. The van der Waals surface area contributed by atoms with Crippen LogP contribution in [0.5, 0.6) is 0 Å². The maximum absolute atomic E-state index is 5.53. The van der Waals surface area contributed by atoms with E-state index in [-0.39, 0.29) is 0 Å². The lowest BCUT2D eigenvalue weighted by Gasteiger charge is -1.98. The van der Waals surface area contributed by atoms with Crippen molar-refractivity contribution < 1.29 is 0 Å². The average Bonchev–Trinajstić information content (AvgIpc) is 2.65. The molecule has 0 spiro atoms. The van der Waals surface area contributed by atoms with Gasteiger partial charge in [0.25, 0.3) is 0 Å². The zero-order chi connectivity index (χ0) is 9.97. The van der Waals surface area contributed by atoms with Crippen molar-refractivity contribution in [2.75, 3.05) is 5.73 Å². The Bertz CT molecular complexity index is 416. The highest BCUT2D eigenvalue weighted by atomic mass is 15.0. The molecule has 0 aliphatic heterocycles. The van der Waals surface area contributed by atoms with Gasteiger partial charge in [0.2, 0.25) is 0 Å². The van der Waals surface area contributed by atoms with E-state index in [9.17, 15) is 0 Å². The topological polar surface area (TPSA) is 67.6 Å². The molecule has 3 N–H and O–H groups in total. The van der Waals surface area contributed by atoms with E-state index in [4.69, 9.17) is 5.73 Å². The van der Waals surface area contributed by atoms with Crippen molar-refractivity contribution in [3.05, 3.63) is 30.2 Å². The molecule has 0 bridgehead atoms. The van der Waals surface area contributed by atoms with Gasteiger partial charge >= 0.3 is 0 Å². The number of nitrogens with one attached hydrogen (secondary N) is 1. The van der Waals surface area contributed by atoms with Gasteiger partial charge in [0.1, 0.15) is 11.6 Å². The third kappa shape index (κ3) is 1.59. The van der Waals surface area contributed by atoms with Crippen LogP contribution in [0.1, 0.15) is 12.6 Å². The van der Waals surface area contributed by atoms with Crippen LogP contribution in [0.15, 0.2) is 24.5 Å². The smallest absolute Gasteiger partial charge is 0.140 e. The average molecular weight is 188 g/mol. The lowest BCUT2D eigenvalue weighted by molar-refractivity contribution is 1.03. The van der Waals surface area contributed by atoms with Gasteiger partial charge in [0.05, 0.1) is 6.20 Å². The number of aromatic amines is 1. The first-order valence-electron chi connectivity index (χ1n) is 4.55. The first-order valence-corrected chi connectivity index (χ1v) is 4.55. The molecule has 0 saturated heterocycles. The summed E-state index contributed by atoms with van der Waals surface area (Å²) in [6, 6.07) is 3.98. The molecular formula is C10H12N4.